The Morgan fingerprint density at radius 3 is 2.58 bits per heavy atom. The predicted molar refractivity (Wildman–Crippen MR) is 97.3 cm³/mol. The number of amides is 1. The van der Waals surface area contributed by atoms with Gasteiger partial charge < -0.3 is 4.42 Å². The van der Waals surface area contributed by atoms with Crippen molar-refractivity contribution >= 4 is 29.4 Å². The van der Waals surface area contributed by atoms with Crippen LogP contribution in [-0.2, 0) is 0 Å². The van der Waals surface area contributed by atoms with Gasteiger partial charge in [-0.3, -0.25) is 14.9 Å². The third kappa shape index (κ3) is 3.79. The molecular weight excluding hydrogens is 358 g/mol. The maximum absolute atomic E-state index is 12.1. The molecule has 2 aromatic carbocycles. The molecule has 0 atom stereocenters. The number of para-hydroxylation sites is 1. The number of rotatable bonds is 5. The molecule has 8 heteroatoms. The van der Waals surface area contributed by atoms with Crippen LogP contribution in [0.5, 0.6) is 0 Å². The van der Waals surface area contributed by atoms with E-state index in [1.54, 1.807) is 6.07 Å². The quantitative estimate of drug-likeness (QED) is 0.412. The molecule has 1 amide bonds. The fourth-order valence-corrected chi connectivity index (χ4v) is 2.45. The molecule has 26 heavy (non-hydrogen) atoms. The summed E-state index contributed by atoms with van der Waals surface area (Å²) in [5.74, 6) is -0.140. The minimum Gasteiger partial charge on any atom is -0.444 e. The fourth-order valence-electron chi connectivity index (χ4n) is 2.26. The first kappa shape index (κ1) is 17.4. The van der Waals surface area contributed by atoms with Gasteiger partial charge in [-0.2, -0.15) is 5.10 Å². The second-order valence-electron chi connectivity index (χ2n) is 5.18. The Hall–Kier alpha value is -3.45. The first-order chi connectivity index (χ1) is 12.6. The van der Waals surface area contributed by atoms with Gasteiger partial charge in [0.25, 0.3) is 11.6 Å². The molecule has 7 nitrogen and oxygen atoms in total. The molecule has 0 spiro atoms. The number of hydrogen-bond acceptors (Lipinski definition) is 5. The summed E-state index contributed by atoms with van der Waals surface area (Å²) in [5.41, 5.74) is 3.17. The van der Waals surface area contributed by atoms with Crippen LogP contribution in [0.25, 0.3) is 11.3 Å². The monoisotopic (exact) mass is 369 g/mol. The van der Waals surface area contributed by atoms with Gasteiger partial charge in [0.2, 0.25) is 5.22 Å². The molecule has 0 saturated carbocycles. The van der Waals surface area contributed by atoms with Crippen LogP contribution in [-0.4, -0.2) is 17.0 Å². The number of nitro groups is 1. The molecule has 1 heterocycles. The molecule has 0 saturated heterocycles. The van der Waals surface area contributed by atoms with E-state index in [1.165, 1.54) is 30.5 Å². The molecule has 0 aliphatic heterocycles. The van der Waals surface area contributed by atoms with Gasteiger partial charge in [0.15, 0.2) is 0 Å². The number of nitrogens with zero attached hydrogens (tertiary/aromatic N) is 2. The van der Waals surface area contributed by atoms with Crippen LogP contribution < -0.4 is 5.43 Å². The second kappa shape index (κ2) is 7.62. The van der Waals surface area contributed by atoms with E-state index in [9.17, 15) is 14.9 Å². The van der Waals surface area contributed by atoms with Crippen LogP contribution in [0.1, 0.15) is 15.9 Å². The molecule has 3 rings (SSSR count). The summed E-state index contributed by atoms with van der Waals surface area (Å²) in [6.07, 6.45) is 1.31. The van der Waals surface area contributed by atoms with Crippen LogP contribution in [0, 0.1) is 10.1 Å². The summed E-state index contributed by atoms with van der Waals surface area (Å²) in [7, 11) is 0. The lowest BCUT2D eigenvalue weighted by molar-refractivity contribution is -0.385. The molecule has 0 bridgehead atoms. The van der Waals surface area contributed by atoms with Gasteiger partial charge in [-0.05, 0) is 23.7 Å². The summed E-state index contributed by atoms with van der Waals surface area (Å²) in [4.78, 5) is 22.4. The number of carbonyl (C=O) groups is 1. The molecule has 3 aromatic rings. The van der Waals surface area contributed by atoms with Crippen LogP contribution in [0.4, 0.5) is 5.69 Å². The van der Waals surface area contributed by atoms with Crippen LogP contribution >= 0.6 is 11.6 Å². The molecule has 0 aliphatic carbocycles. The number of benzene rings is 2. The van der Waals surface area contributed by atoms with E-state index in [-0.39, 0.29) is 16.5 Å². The Bertz CT molecular complexity index is 983. The Morgan fingerprint density at radius 2 is 1.85 bits per heavy atom. The standard InChI is InChI=1S/C18H12ClN3O4/c19-17-13(10-16(26-17)12-6-2-1-3-7-12)11-20-21-18(23)14-8-4-5-9-15(14)22(24)25/h1-11H,(H,21,23)/b20-11+. The van der Waals surface area contributed by atoms with Crippen molar-refractivity contribution in [2.45, 2.75) is 0 Å². The Morgan fingerprint density at radius 1 is 1.15 bits per heavy atom. The lowest BCUT2D eigenvalue weighted by Gasteiger charge is -2.00. The van der Waals surface area contributed by atoms with Gasteiger partial charge in [0.05, 0.1) is 16.7 Å². The van der Waals surface area contributed by atoms with Crippen molar-refractivity contribution in [3.8, 4) is 11.3 Å². The van der Waals surface area contributed by atoms with Gasteiger partial charge in [-0.15, -0.1) is 0 Å². The number of nitro benzene ring substituents is 1. The molecule has 1 N–H and O–H groups in total. The van der Waals surface area contributed by atoms with Crippen molar-refractivity contribution in [3.05, 3.63) is 87.1 Å². The van der Waals surface area contributed by atoms with E-state index >= 15 is 0 Å². The van der Waals surface area contributed by atoms with Gasteiger partial charge in [0.1, 0.15) is 11.3 Å². The highest BCUT2D eigenvalue weighted by molar-refractivity contribution is 6.31. The van der Waals surface area contributed by atoms with Crippen molar-refractivity contribution in [1.82, 2.24) is 5.43 Å². The second-order valence-corrected chi connectivity index (χ2v) is 5.52. The normalized spacial score (nSPS) is 10.8. The molecular formula is C18H12ClN3O4. The zero-order valence-corrected chi connectivity index (χ0v) is 14.0. The molecule has 0 radical (unpaired) electrons. The maximum Gasteiger partial charge on any atom is 0.282 e. The summed E-state index contributed by atoms with van der Waals surface area (Å²) in [6.45, 7) is 0. The number of carbonyl (C=O) groups excluding carboxylic acids is 1. The first-order valence-electron chi connectivity index (χ1n) is 7.48. The lowest BCUT2D eigenvalue weighted by atomic mass is 10.1. The number of hydrogen-bond donors (Lipinski definition) is 1. The topological polar surface area (TPSA) is 97.7 Å². The summed E-state index contributed by atoms with van der Waals surface area (Å²) < 4.78 is 5.47. The minimum absolute atomic E-state index is 0.0853. The van der Waals surface area contributed by atoms with E-state index in [1.807, 2.05) is 30.3 Å². The Labute approximate surface area is 153 Å². The molecule has 0 aliphatic rings. The lowest BCUT2D eigenvalue weighted by Crippen LogP contribution is -2.18. The van der Waals surface area contributed by atoms with Gasteiger partial charge >= 0.3 is 0 Å². The largest absolute Gasteiger partial charge is 0.444 e. The van der Waals surface area contributed by atoms with Gasteiger partial charge in [-0.1, -0.05) is 42.5 Å². The van der Waals surface area contributed by atoms with E-state index in [0.29, 0.717) is 11.3 Å². The predicted octanol–water partition coefficient (Wildman–Crippen LogP) is 4.27. The van der Waals surface area contributed by atoms with Gasteiger partial charge in [-0.25, -0.2) is 5.43 Å². The van der Waals surface area contributed by atoms with Crippen molar-refractivity contribution in [3.63, 3.8) is 0 Å². The van der Waals surface area contributed by atoms with Crippen LogP contribution in [0.15, 0.2) is 70.2 Å². The van der Waals surface area contributed by atoms with Crippen molar-refractivity contribution in [2.75, 3.05) is 0 Å². The zero-order valence-electron chi connectivity index (χ0n) is 13.3. The third-order valence-electron chi connectivity index (χ3n) is 3.49. The number of halogens is 1. The molecule has 130 valence electrons. The highest BCUT2D eigenvalue weighted by Gasteiger charge is 2.18. The fraction of sp³-hybridized carbons (Fsp3) is 0. The van der Waals surface area contributed by atoms with Crippen molar-refractivity contribution < 1.29 is 14.1 Å². The SMILES string of the molecule is O=C(N/N=C/c1cc(-c2ccccc2)oc1Cl)c1ccccc1[N+](=O)[O-]. The van der Waals surface area contributed by atoms with E-state index in [0.717, 1.165) is 5.56 Å². The zero-order chi connectivity index (χ0) is 18.5. The van der Waals surface area contributed by atoms with E-state index < -0.39 is 10.8 Å². The van der Waals surface area contributed by atoms with Crippen molar-refractivity contribution in [2.24, 2.45) is 5.10 Å². The van der Waals surface area contributed by atoms with Crippen LogP contribution in [0.2, 0.25) is 5.22 Å². The summed E-state index contributed by atoms with van der Waals surface area (Å²) in [6, 6.07) is 16.6. The number of nitrogens with one attached hydrogen (secondary N) is 1. The summed E-state index contributed by atoms with van der Waals surface area (Å²) in [5, 5.41) is 14.9. The maximum atomic E-state index is 12.1. The van der Waals surface area contributed by atoms with E-state index in [2.05, 4.69) is 10.5 Å². The average molecular weight is 370 g/mol. The number of hydrazone groups is 1. The van der Waals surface area contributed by atoms with Crippen LogP contribution in [0.3, 0.4) is 0 Å². The molecule has 0 fully saturated rings. The first-order valence-corrected chi connectivity index (χ1v) is 7.85. The third-order valence-corrected chi connectivity index (χ3v) is 3.78. The van der Waals surface area contributed by atoms with Gasteiger partial charge in [0, 0.05) is 11.6 Å². The molecule has 0 unspecified atom stereocenters. The minimum atomic E-state index is -0.698. The average Bonchev–Trinajstić information content (AvgIpc) is 3.03. The van der Waals surface area contributed by atoms with Crippen molar-refractivity contribution in [1.29, 1.82) is 0 Å². The highest BCUT2D eigenvalue weighted by Crippen LogP contribution is 2.27. The summed E-state index contributed by atoms with van der Waals surface area (Å²) >= 11 is 6.03. The Balaban J connectivity index is 1.75. The number of furan rings is 1. The Kier molecular flexibility index (Phi) is 5.09. The van der Waals surface area contributed by atoms with E-state index in [4.69, 9.17) is 16.0 Å². The highest BCUT2D eigenvalue weighted by atomic mass is 35.5. The smallest absolute Gasteiger partial charge is 0.282 e. The molecule has 1 aromatic heterocycles.